The van der Waals surface area contributed by atoms with Crippen LogP contribution in [0.5, 0.6) is 0 Å². The fraction of sp³-hybridized carbons (Fsp3) is 0.433. The van der Waals surface area contributed by atoms with E-state index in [0.29, 0.717) is 0 Å². The standard InChI is InChI=1S/C30H42N2/c1-9-19-29(7,22-21-28(6,23-32-31)26-14-11-10-12-15-26)30(8)20-13-16-25(27(3,4)5)18-17-24(30)2/h9-19,21-23H,20,31H2,1-8H3/b16-13-,19-9-,22-21-,24-17?,25-18+,32-23-. The summed E-state index contributed by atoms with van der Waals surface area (Å²) in [7, 11) is 0. The van der Waals surface area contributed by atoms with Gasteiger partial charge >= 0.3 is 0 Å². The van der Waals surface area contributed by atoms with Gasteiger partial charge in [-0.3, -0.25) is 0 Å². The van der Waals surface area contributed by atoms with E-state index in [-0.39, 0.29) is 21.7 Å². The van der Waals surface area contributed by atoms with E-state index in [4.69, 9.17) is 5.84 Å². The molecule has 1 aliphatic rings. The molecule has 0 aliphatic heterocycles. The molecule has 0 fully saturated rings. The second kappa shape index (κ2) is 9.90. The molecule has 2 N–H and O–H groups in total. The molecule has 32 heavy (non-hydrogen) atoms. The fourth-order valence-electron chi connectivity index (χ4n) is 4.46. The van der Waals surface area contributed by atoms with Gasteiger partial charge in [0, 0.05) is 22.5 Å². The summed E-state index contributed by atoms with van der Waals surface area (Å²) in [5.74, 6) is 5.62. The quantitative estimate of drug-likeness (QED) is 0.212. The van der Waals surface area contributed by atoms with Crippen molar-refractivity contribution in [1.29, 1.82) is 0 Å². The maximum atomic E-state index is 5.62. The number of benzene rings is 1. The molecule has 0 amide bonds. The third-order valence-electron chi connectivity index (χ3n) is 7.29. The number of nitrogens with two attached hydrogens (primary N) is 1. The average Bonchev–Trinajstić information content (AvgIpc) is 2.73. The average molecular weight is 431 g/mol. The summed E-state index contributed by atoms with van der Waals surface area (Å²) in [5, 5.41) is 3.91. The van der Waals surface area contributed by atoms with Crippen molar-refractivity contribution in [3.05, 3.63) is 95.6 Å². The maximum Gasteiger partial charge on any atom is 0.0474 e. The predicted molar refractivity (Wildman–Crippen MR) is 142 cm³/mol. The van der Waals surface area contributed by atoms with E-state index >= 15 is 0 Å². The summed E-state index contributed by atoms with van der Waals surface area (Å²) in [4.78, 5) is 0. The van der Waals surface area contributed by atoms with Crippen LogP contribution in [-0.2, 0) is 5.41 Å². The lowest BCUT2D eigenvalue weighted by Gasteiger charge is -2.45. The lowest BCUT2D eigenvalue weighted by atomic mass is 9.58. The number of rotatable bonds is 6. The van der Waals surface area contributed by atoms with Gasteiger partial charge in [-0.2, -0.15) is 5.10 Å². The molecule has 172 valence electrons. The third-order valence-corrected chi connectivity index (χ3v) is 7.29. The van der Waals surface area contributed by atoms with Crippen LogP contribution >= 0.6 is 0 Å². The second-order valence-electron chi connectivity index (χ2n) is 10.7. The van der Waals surface area contributed by atoms with Gasteiger partial charge in [-0.25, -0.2) is 0 Å². The van der Waals surface area contributed by atoms with Crippen molar-refractivity contribution in [2.24, 2.45) is 27.2 Å². The highest BCUT2D eigenvalue weighted by Gasteiger charge is 2.42. The molecule has 0 saturated carbocycles. The molecule has 0 bridgehead atoms. The fourth-order valence-corrected chi connectivity index (χ4v) is 4.46. The van der Waals surface area contributed by atoms with Crippen LogP contribution in [0.2, 0.25) is 0 Å². The van der Waals surface area contributed by atoms with Crippen molar-refractivity contribution in [3.8, 4) is 0 Å². The zero-order valence-electron chi connectivity index (χ0n) is 21.3. The molecule has 0 spiro atoms. The normalized spacial score (nSPS) is 26.8. The van der Waals surface area contributed by atoms with Crippen LogP contribution in [0.4, 0.5) is 0 Å². The van der Waals surface area contributed by atoms with E-state index < -0.39 is 0 Å². The van der Waals surface area contributed by atoms with E-state index in [1.54, 1.807) is 0 Å². The lowest BCUT2D eigenvalue weighted by molar-refractivity contribution is 0.224. The highest BCUT2D eigenvalue weighted by Crippen LogP contribution is 2.51. The van der Waals surface area contributed by atoms with Crippen molar-refractivity contribution >= 4 is 6.21 Å². The van der Waals surface area contributed by atoms with E-state index in [1.807, 2.05) is 12.3 Å². The highest BCUT2D eigenvalue weighted by molar-refractivity contribution is 5.76. The van der Waals surface area contributed by atoms with E-state index in [9.17, 15) is 0 Å². The first-order valence-electron chi connectivity index (χ1n) is 11.6. The van der Waals surface area contributed by atoms with Crippen molar-refractivity contribution < 1.29 is 0 Å². The summed E-state index contributed by atoms with van der Waals surface area (Å²) in [6, 6.07) is 10.4. The van der Waals surface area contributed by atoms with Gasteiger partial charge in [0.15, 0.2) is 0 Å². The first-order valence-corrected chi connectivity index (χ1v) is 11.6. The van der Waals surface area contributed by atoms with Crippen LogP contribution < -0.4 is 5.84 Å². The molecule has 1 aromatic rings. The molecule has 2 heteroatoms. The first kappa shape index (κ1) is 25.6. The van der Waals surface area contributed by atoms with Gasteiger partial charge in [0.05, 0.1) is 0 Å². The Morgan fingerprint density at radius 3 is 2.19 bits per heavy atom. The minimum absolute atomic E-state index is 0.0795. The smallest absolute Gasteiger partial charge is 0.0474 e. The van der Waals surface area contributed by atoms with Crippen LogP contribution in [0.25, 0.3) is 0 Å². The molecule has 0 aromatic heterocycles. The minimum atomic E-state index is -0.385. The minimum Gasteiger partial charge on any atom is -0.324 e. The SMILES string of the molecule is C/C=C\C(C)(/C=C\C(C)(/C=N\N)c1ccccc1)C1(C)C/C=C\C(C(C)(C)C)=C/C=C1C. The molecule has 2 nitrogen and oxygen atoms in total. The summed E-state index contributed by atoms with van der Waals surface area (Å²) < 4.78 is 0. The Morgan fingerprint density at radius 2 is 1.62 bits per heavy atom. The Bertz CT molecular complexity index is 952. The zero-order valence-corrected chi connectivity index (χ0v) is 21.3. The van der Waals surface area contributed by atoms with Crippen molar-refractivity contribution in [3.63, 3.8) is 0 Å². The predicted octanol–water partition coefficient (Wildman–Crippen LogP) is 7.91. The van der Waals surface area contributed by atoms with E-state index in [1.165, 1.54) is 16.7 Å². The Morgan fingerprint density at radius 1 is 0.969 bits per heavy atom. The van der Waals surface area contributed by atoms with Crippen molar-refractivity contribution in [2.75, 3.05) is 0 Å². The molecule has 3 unspecified atom stereocenters. The number of hydrazone groups is 1. The molecule has 1 aromatic carbocycles. The molecule has 0 saturated heterocycles. The van der Waals surface area contributed by atoms with Gasteiger partial charge in [0.1, 0.15) is 0 Å². The van der Waals surface area contributed by atoms with Gasteiger partial charge in [0.25, 0.3) is 0 Å². The van der Waals surface area contributed by atoms with E-state index in [0.717, 1.165) is 6.42 Å². The molecule has 0 radical (unpaired) electrons. The van der Waals surface area contributed by atoms with Crippen LogP contribution in [0, 0.1) is 16.2 Å². The van der Waals surface area contributed by atoms with Gasteiger partial charge in [-0.05, 0) is 43.7 Å². The number of allylic oxidation sites excluding steroid dienone is 10. The number of hydrogen-bond donors (Lipinski definition) is 1. The Kier molecular flexibility index (Phi) is 7.93. The van der Waals surface area contributed by atoms with Crippen molar-refractivity contribution in [1.82, 2.24) is 0 Å². The largest absolute Gasteiger partial charge is 0.324 e. The van der Waals surface area contributed by atoms with Crippen LogP contribution in [-0.4, -0.2) is 6.21 Å². The Balaban J connectivity index is 2.59. The molecule has 0 heterocycles. The molecule has 3 atom stereocenters. The molecule has 1 aliphatic carbocycles. The zero-order chi connectivity index (χ0) is 24.0. The highest BCUT2D eigenvalue weighted by atomic mass is 15.1. The van der Waals surface area contributed by atoms with Crippen LogP contribution in [0.1, 0.15) is 67.4 Å². The van der Waals surface area contributed by atoms with Crippen LogP contribution in [0.3, 0.4) is 0 Å². The summed E-state index contributed by atoms with van der Waals surface area (Å²) in [6.07, 6.45) is 21.2. The Labute approximate surface area is 196 Å². The summed E-state index contributed by atoms with van der Waals surface area (Å²) in [5.41, 5.74) is 3.37. The topological polar surface area (TPSA) is 38.4 Å². The lowest BCUT2D eigenvalue weighted by Crippen LogP contribution is -2.36. The van der Waals surface area contributed by atoms with Gasteiger partial charge < -0.3 is 5.84 Å². The van der Waals surface area contributed by atoms with Gasteiger partial charge in [-0.15, -0.1) is 0 Å². The van der Waals surface area contributed by atoms with E-state index in [2.05, 4.69) is 133 Å². The summed E-state index contributed by atoms with van der Waals surface area (Å²) >= 11 is 0. The maximum absolute atomic E-state index is 5.62. The Hall–Kier alpha value is -2.61. The second-order valence-corrected chi connectivity index (χ2v) is 10.7. The molecular weight excluding hydrogens is 388 g/mol. The monoisotopic (exact) mass is 430 g/mol. The molecular formula is C30H42N2. The molecule has 2 rings (SSSR count). The number of nitrogens with zero attached hydrogens (tertiary/aromatic N) is 1. The summed E-state index contributed by atoms with van der Waals surface area (Å²) in [6.45, 7) is 18.0. The van der Waals surface area contributed by atoms with Gasteiger partial charge in [0.2, 0.25) is 0 Å². The number of hydrogen-bond acceptors (Lipinski definition) is 2. The van der Waals surface area contributed by atoms with Crippen molar-refractivity contribution in [2.45, 2.75) is 67.2 Å². The van der Waals surface area contributed by atoms with Gasteiger partial charge in [-0.1, -0.05) is 119 Å². The third kappa shape index (κ3) is 5.41. The first-order chi connectivity index (χ1) is 14.9. The van der Waals surface area contributed by atoms with Crippen LogP contribution in [0.15, 0.2) is 95.2 Å².